The maximum Gasteiger partial charge on any atom is 0.159 e. The molecule has 0 unspecified atom stereocenters. The molecule has 0 fully saturated rings. The van der Waals surface area contributed by atoms with E-state index >= 15 is 0 Å². The topological polar surface area (TPSA) is 29.5 Å². The van der Waals surface area contributed by atoms with Crippen LogP contribution >= 0.6 is 0 Å². The van der Waals surface area contributed by atoms with Gasteiger partial charge in [-0.05, 0) is 64.7 Å². The Kier molecular flexibility index (Phi) is 5.82. The first-order chi connectivity index (χ1) is 22.3. The van der Waals surface area contributed by atoms with Crippen molar-refractivity contribution in [2.75, 3.05) is 4.90 Å². The second-order valence-corrected chi connectivity index (χ2v) is 11.3. The van der Waals surface area contributed by atoms with Crippen LogP contribution < -0.4 is 4.90 Å². The highest BCUT2D eigenvalue weighted by Crippen LogP contribution is 2.46. The van der Waals surface area contributed by atoms with Crippen LogP contribution in [0.5, 0.6) is 0 Å². The standard InChI is InChI=1S/C42H27NO2/c1-2-11-28(12-3-1)30-13-8-14-31(27-30)29-23-25-32(26-24-29)43(37-19-9-17-35-33-15-4-6-21-39(33)44-41(35)37)38-20-10-18-36-34-16-5-7-22-40(34)45-42(36)38/h1-27H. The SMILES string of the molecule is c1ccc(-c2cccc(-c3ccc(N(c4cccc5c4oc4ccccc45)c4cccc5c4oc4ccccc45)cc3)c2)cc1. The second kappa shape index (κ2) is 10.3. The van der Waals surface area contributed by atoms with Crippen molar-refractivity contribution in [2.45, 2.75) is 0 Å². The Bertz CT molecular complexity index is 2370. The minimum absolute atomic E-state index is 0.839. The first kappa shape index (κ1) is 25.4. The third-order valence-corrected chi connectivity index (χ3v) is 8.68. The number of anilines is 3. The molecule has 2 aromatic heterocycles. The molecule has 0 aliphatic rings. The number of para-hydroxylation sites is 4. The van der Waals surface area contributed by atoms with Gasteiger partial charge in [0.15, 0.2) is 11.2 Å². The zero-order valence-corrected chi connectivity index (χ0v) is 24.4. The summed E-state index contributed by atoms with van der Waals surface area (Å²) in [6.45, 7) is 0. The quantitative estimate of drug-likeness (QED) is 0.204. The van der Waals surface area contributed by atoms with E-state index in [1.165, 1.54) is 16.7 Å². The summed E-state index contributed by atoms with van der Waals surface area (Å²) >= 11 is 0. The van der Waals surface area contributed by atoms with Crippen molar-refractivity contribution in [3.63, 3.8) is 0 Å². The minimum atomic E-state index is 0.839. The number of furan rings is 2. The van der Waals surface area contributed by atoms with Crippen LogP contribution in [0, 0.1) is 0 Å². The molecule has 7 aromatic carbocycles. The zero-order chi connectivity index (χ0) is 29.7. The summed E-state index contributed by atoms with van der Waals surface area (Å²) < 4.78 is 13.1. The van der Waals surface area contributed by atoms with Crippen molar-refractivity contribution >= 4 is 60.9 Å². The first-order valence-corrected chi connectivity index (χ1v) is 15.2. The van der Waals surface area contributed by atoms with Crippen LogP contribution in [0.2, 0.25) is 0 Å². The Labute approximate surface area is 260 Å². The van der Waals surface area contributed by atoms with E-state index in [2.05, 4.69) is 144 Å². The molecule has 0 atom stereocenters. The number of fused-ring (bicyclic) bond motifs is 6. The van der Waals surface area contributed by atoms with Gasteiger partial charge in [0.05, 0.1) is 11.4 Å². The van der Waals surface area contributed by atoms with E-state index in [0.717, 1.165) is 66.5 Å². The molecular formula is C42H27NO2. The molecule has 45 heavy (non-hydrogen) atoms. The lowest BCUT2D eigenvalue weighted by Gasteiger charge is -2.25. The predicted molar refractivity (Wildman–Crippen MR) is 187 cm³/mol. The second-order valence-electron chi connectivity index (χ2n) is 11.3. The summed E-state index contributed by atoms with van der Waals surface area (Å²) in [6, 6.07) is 57.2. The van der Waals surface area contributed by atoms with Crippen LogP contribution in [-0.4, -0.2) is 0 Å². The van der Waals surface area contributed by atoms with Gasteiger partial charge in [-0.3, -0.25) is 0 Å². The number of benzene rings is 7. The largest absolute Gasteiger partial charge is 0.454 e. The molecule has 0 saturated carbocycles. The summed E-state index contributed by atoms with van der Waals surface area (Å²) in [5.74, 6) is 0. The van der Waals surface area contributed by atoms with E-state index < -0.39 is 0 Å². The maximum absolute atomic E-state index is 6.55. The van der Waals surface area contributed by atoms with Crippen LogP contribution in [0.15, 0.2) is 173 Å². The summed E-state index contributed by atoms with van der Waals surface area (Å²) in [6.07, 6.45) is 0. The van der Waals surface area contributed by atoms with E-state index in [-0.39, 0.29) is 0 Å². The fraction of sp³-hybridized carbons (Fsp3) is 0. The third kappa shape index (κ3) is 4.21. The van der Waals surface area contributed by atoms with Gasteiger partial charge in [-0.25, -0.2) is 0 Å². The lowest BCUT2D eigenvalue weighted by Crippen LogP contribution is -2.10. The van der Waals surface area contributed by atoms with E-state index in [1.54, 1.807) is 0 Å². The van der Waals surface area contributed by atoms with Crippen LogP contribution in [0.3, 0.4) is 0 Å². The van der Waals surface area contributed by atoms with Gasteiger partial charge in [0.2, 0.25) is 0 Å². The molecule has 9 rings (SSSR count). The summed E-state index contributed by atoms with van der Waals surface area (Å²) in [5.41, 5.74) is 11.1. The van der Waals surface area contributed by atoms with Gasteiger partial charge >= 0.3 is 0 Å². The Morgan fingerprint density at radius 2 is 0.778 bits per heavy atom. The van der Waals surface area contributed by atoms with Gasteiger partial charge in [-0.1, -0.05) is 121 Å². The number of hydrogen-bond donors (Lipinski definition) is 0. The molecule has 0 saturated heterocycles. The lowest BCUT2D eigenvalue weighted by atomic mass is 9.99. The van der Waals surface area contributed by atoms with Gasteiger partial charge in [-0.2, -0.15) is 0 Å². The predicted octanol–water partition coefficient (Wildman–Crippen LogP) is 12.3. The van der Waals surface area contributed by atoms with E-state index in [1.807, 2.05) is 24.3 Å². The van der Waals surface area contributed by atoms with Crippen molar-refractivity contribution in [3.8, 4) is 22.3 Å². The molecule has 0 spiro atoms. The Balaban J connectivity index is 1.24. The van der Waals surface area contributed by atoms with Crippen molar-refractivity contribution in [1.29, 1.82) is 0 Å². The molecule has 212 valence electrons. The van der Waals surface area contributed by atoms with Crippen LogP contribution in [0.1, 0.15) is 0 Å². The van der Waals surface area contributed by atoms with Crippen LogP contribution in [0.25, 0.3) is 66.1 Å². The molecule has 0 radical (unpaired) electrons. The maximum atomic E-state index is 6.55. The Morgan fingerprint density at radius 3 is 1.36 bits per heavy atom. The van der Waals surface area contributed by atoms with Crippen LogP contribution in [-0.2, 0) is 0 Å². The summed E-state index contributed by atoms with van der Waals surface area (Å²) in [4.78, 5) is 2.26. The molecule has 3 heteroatoms. The van der Waals surface area contributed by atoms with Crippen molar-refractivity contribution in [3.05, 3.63) is 164 Å². The number of nitrogens with zero attached hydrogens (tertiary/aromatic N) is 1. The Morgan fingerprint density at radius 1 is 0.333 bits per heavy atom. The van der Waals surface area contributed by atoms with Gasteiger partial charge in [-0.15, -0.1) is 0 Å². The number of rotatable bonds is 5. The summed E-state index contributed by atoms with van der Waals surface area (Å²) in [5, 5.41) is 4.37. The third-order valence-electron chi connectivity index (χ3n) is 8.68. The molecule has 0 N–H and O–H groups in total. The first-order valence-electron chi connectivity index (χ1n) is 15.2. The van der Waals surface area contributed by atoms with Crippen molar-refractivity contribution in [1.82, 2.24) is 0 Å². The highest BCUT2D eigenvalue weighted by atomic mass is 16.3. The smallest absolute Gasteiger partial charge is 0.159 e. The monoisotopic (exact) mass is 577 g/mol. The molecule has 0 aliphatic heterocycles. The van der Waals surface area contributed by atoms with E-state index in [0.29, 0.717) is 0 Å². The molecule has 0 amide bonds. The minimum Gasteiger partial charge on any atom is -0.454 e. The molecule has 2 heterocycles. The van der Waals surface area contributed by atoms with Crippen molar-refractivity contribution in [2.24, 2.45) is 0 Å². The number of hydrogen-bond acceptors (Lipinski definition) is 3. The van der Waals surface area contributed by atoms with Crippen molar-refractivity contribution < 1.29 is 8.83 Å². The van der Waals surface area contributed by atoms with Gasteiger partial charge in [0, 0.05) is 27.2 Å². The molecular weight excluding hydrogens is 550 g/mol. The normalized spacial score (nSPS) is 11.6. The van der Waals surface area contributed by atoms with Gasteiger partial charge < -0.3 is 13.7 Å². The fourth-order valence-corrected chi connectivity index (χ4v) is 6.54. The lowest BCUT2D eigenvalue weighted by molar-refractivity contribution is 0.666. The van der Waals surface area contributed by atoms with E-state index in [4.69, 9.17) is 8.83 Å². The van der Waals surface area contributed by atoms with Gasteiger partial charge in [0.25, 0.3) is 0 Å². The van der Waals surface area contributed by atoms with Gasteiger partial charge in [0.1, 0.15) is 11.2 Å². The highest BCUT2D eigenvalue weighted by Gasteiger charge is 2.23. The molecule has 0 aliphatic carbocycles. The zero-order valence-electron chi connectivity index (χ0n) is 24.4. The molecule has 9 aromatic rings. The Hall–Kier alpha value is -6.06. The van der Waals surface area contributed by atoms with E-state index in [9.17, 15) is 0 Å². The average Bonchev–Trinajstić information content (AvgIpc) is 3.69. The molecule has 0 bridgehead atoms. The highest BCUT2D eigenvalue weighted by molar-refractivity contribution is 6.13. The average molecular weight is 578 g/mol. The summed E-state index contributed by atoms with van der Waals surface area (Å²) in [7, 11) is 0. The molecule has 3 nitrogen and oxygen atoms in total. The van der Waals surface area contributed by atoms with Crippen LogP contribution in [0.4, 0.5) is 17.1 Å². The fourth-order valence-electron chi connectivity index (χ4n) is 6.54.